The molecular formula is C16H16N2O4. The first-order valence-corrected chi connectivity index (χ1v) is 6.53. The minimum atomic E-state index is -0.537. The van der Waals surface area contributed by atoms with Gasteiger partial charge in [0.2, 0.25) is 0 Å². The molecule has 6 nitrogen and oxygen atoms in total. The second-order valence-corrected chi connectivity index (χ2v) is 4.54. The molecule has 0 aliphatic rings. The molecular weight excluding hydrogens is 284 g/mol. The van der Waals surface area contributed by atoms with Gasteiger partial charge in [-0.15, -0.1) is 0 Å². The predicted molar refractivity (Wildman–Crippen MR) is 82.4 cm³/mol. The molecule has 2 aromatic rings. The van der Waals surface area contributed by atoms with Gasteiger partial charge < -0.3 is 14.9 Å². The highest BCUT2D eigenvalue weighted by atomic mass is 16.5. The third-order valence-electron chi connectivity index (χ3n) is 3.07. The van der Waals surface area contributed by atoms with Crippen molar-refractivity contribution in [1.82, 2.24) is 5.43 Å². The van der Waals surface area contributed by atoms with E-state index < -0.39 is 5.91 Å². The number of hydrogen-bond acceptors (Lipinski definition) is 5. The summed E-state index contributed by atoms with van der Waals surface area (Å²) in [7, 11) is 1.50. The summed E-state index contributed by atoms with van der Waals surface area (Å²) >= 11 is 0. The number of hydrogen-bond donors (Lipinski definition) is 3. The topological polar surface area (TPSA) is 91.2 Å². The number of nitrogens with one attached hydrogen (secondary N) is 1. The van der Waals surface area contributed by atoms with Crippen molar-refractivity contribution in [2.75, 3.05) is 7.11 Å². The lowest BCUT2D eigenvalue weighted by atomic mass is 10.1. The highest BCUT2D eigenvalue weighted by Crippen LogP contribution is 2.24. The smallest absolute Gasteiger partial charge is 0.275 e. The fourth-order valence-electron chi connectivity index (χ4n) is 1.87. The van der Waals surface area contributed by atoms with E-state index in [2.05, 4.69) is 10.5 Å². The van der Waals surface area contributed by atoms with Crippen LogP contribution in [-0.4, -0.2) is 28.9 Å². The maximum atomic E-state index is 11.9. The summed E-state index contributed by atoms with van der Waals surface area (Å²) in [5.41, 5.74) is 3.35. The molecule has 0 bridgehead atoms. The van der Waals surface area contributed by atoms with Gasteiger partial charge in [-0.05, 0) is 31.2 Å². The Kier molecular flexibility index (Phi) is 4.63. The van der Waals surface area contributed by atoms with E-state index in [0.717, 1.165) is 0 Å². The molecule has 0 saturated carbocycles. The van der Waals surface area contributed by atoms with Gasteiger partial charge in [0.1, 0.15) is 17.2 Å². The van der Waals surface area contributed by atoms with Gasteiger partial charge in [-0.25, -0.2) is 5.43 Å². The fraction of sp³-hybridized carbons (Fsp3) is 0.125. The van der Waals surface area contributed by atoms with Crippen LogP contribution in [0, 0.1) is 0 Å². The van der Waals surface area contributed by atoms with Crippen molar-refractivity contribution < 1.29 is 19.7 Å². The van der Waals surface area contributed by atoms with Crippen LogP contribution < -0.4 is 10.2 Å². The van der Waals surface area contributed by atoms with Crippen LogP contribution in [0.5, 0.6) is 17.2 Å². The minimum Gasteiger partial charge on any atom is -0.507 e. The third kappa shape index (κ3) is 3.35. The first kappa shape index (κ1) is 15.4. The number of benzene rings is 2. The van der Waals surface area contributed by atoms with Gasteiger partial charge in [0.25, 0.3) is 5.91 Å². The Hall–Kier alpha value is -3.02. The maximum Gasteiger partial charge on any atom is 0.275 e. The molecule has 0 saturated heterocycles. The zero-order chi connectivity index (χ0) is 16.1. The quantitative estimate of drug-likeness (QED) is 0.596. The molecule has 0 aromatic heterocycles. The Labute approximate surface area is 127 Å². The molecule has 114 valence electrons. The number of phenolic OH excluding ortho intramolecular Hbond substituents is 2. The molecule has 6 heteroatoms. The van der Waals surface area contributed by atoms with Crippen molar-refractivity contribution in [3.05, 3.63) is 53.6 Å². The van der Waals surface area contributed by atoms with E-state index in [1.165, 1.54) is 25.3 Å². The Bertz CT molecular complexity index is 726. The molecule has 3 N–H and O–H groups in total. The highest BCUT2D eigenvalue weighted by Gasteiger charge is 2.10. The van der Waals surface area contributed by atoms with Crippen LogP contribution in [-0.2, 0) is 0 Å². The van der Waals surface area contributed by atoms with Crippen LogP contribution in [0.1, 0.15) is 22.8 Å². The third-order valence-corrected chi connectivity index (χ3v) is 3.07. The molecule has 2 aromatic carbocycles. The number of para-hydroxylation sites is 1. The average molecular weight is 300 g/mol. The lowest BCUT2D eigenvalue weighted by molar-refractivity contribution is 0.0952. The molecule has 0 heterocycles. The Morgan fingerprint density at radius 1 is 1.09 bits per heavy atom. The van der Waals surface area contributed by atoms with E-state index in [0.29, 0.717) is 17.0 Å². The summed E-state index contributed by atoms with van der Waals surface area (Å²) in [6.07, 6.45) is 0. The zero-order valence-corrected chi connectivity index (χ0v) is 12.2. The van der Waals surface area contributed by atoms with Crippen molar-refractivity contribution >= 4 is 11.6 Å². The predicted octanol–water partition coefficient (Wildman–Crippen LogP) is 2.26. The number of ether oxygens (including phenoxy) is 1. The number of phenols is 2. The molecule has 0 unspecified atom stereocenters. The normalized spacial score (nSPS) is 11.1. The number of aromatic hydroxyl groups is 2. The van der Waals surface area contributed by atoms with Crippen LogP contribution in [0.15, 0.2) is 47.6 Å². The standard InChI is InChI=1S/C16H16N2O4/c1-10(12-8-7-11(22-2)9-15(12)20)17-18-16(21)13-5-3-4-6-14(13)19/h3-9,19-20H,1-2H3,(H,18,21). The molecule has 0 fully saturated rings. The second-order valence-electron chi connectivity index (χ2n) is 4.54. The minimum absolute atomic E-state index is 0.00240. The molecule has 22 heavy (non-hydrogen) atoms. The number of carbonyl (C=O) groups is 1. The summed E-state index contributed by atoms with van der Waals surface area (Å²) in [6.45, 7) is 1.65. The van der Waals surface area contributed by atoms with Crippen LogP contribution >= 0.6 is 0 Å². The van der Waals surface area contributed by atoms with Gasteiger partial charge in [0.05, 0.1) is 18.4 Å². The Morgan fingerprint density at radius 3 is 2.45 bits per heavy atom. The van der Waals surface area contributed by atoms with Crippen molar-refractivity contribution in [3.8, 4) is 17.2 Å². The Balaban J connectivity index is 2.16. The second kappa shape index (κ2) is 6.62. The highest BCUT2D eigenvalue weighted by molar-refractivity contribution is 6.03. The van der Waals surface area contributed by atoms with E-state index in [1.807, 2.05) is 0 Å². The first-order chi connectivity index (χ1) is 10.5. The molecule has 0 aliphatic carbocycles. The summed E-state index contributed by atoms with van der Waals surface area (Å²) in [5, 5.41) is 23.4. The number of amides is 1. The molecule has 0 radical (unpaired) electrons. The molecule has 1 amide bonds. The summed E-state index contributed by atoms with van der Waals surface area (Å²) in [4.78, 5) is 11.9. The van der Waals surface area contributed by atoms with E-state index >= 15 is 0 Å². The van der Waals surface area contributed by atoms with Gasteiger partial charge in [-0.2, -0.15) is 5.10 Å². The first-order valence-electron chi connectivity index (χ1n) is 6.53. The average Bonchev–Trinajstić information content (AvgIpc) is 2.52. The van der Waals surface area contributed by atoms with Gasteiger partial charge >= 0.3 is 0 Å². The van der Waals surface area contributed by atoms with E-state index in [9.17, 15) is 15.0 Å². The molecule has 0 atom stereocenters. The Morgan fingerprint density at radius 2 is 1.82 bits per heavy atom. The number of rotatable bonds is 4. The number of nitrogens with zero attached hydrogens (tertiary/aromatic N) is 1. The molecule has 0 aliphatic heterocycles. The monoisotopic (exact) mass is 300 g/mol. The number of methoxy groups -OCH3 is 1. The molecule has 2 rings (SSSR count). The fourth-order valence-corrected chi connectivity index (χ4v) is 1.87. The van der Waals surface area contributed by atoms with Crippen LogP contribution in [0.3, 0.4) is 0 Å². The van der Waals surface area contributed by atoms with Crippen LogP contribution in [0.25, 0.3) is 0 Å². The maximum absolute atomic E-state index is 11.9. The van der Waals surface area contributed by atoms with Crippen LogP contribution in [0.2, 0.25) is 0 Å². The van der Waals surface area contributed by atoms with Gasteiger partial charge in [0, 0.05) is 11.6 Å². The number of carbonyl (C=O) groups excluding carboxylic acids is 1. The van der Waals surface area contributed by atoms with Crippen LogP contribution in [0.4, 0.5) is 0 Å². The van der Waals surface area contributed by atoms with E-state index in [4.69, 9.17) is 4.74 Å². The van der Waals surface area contributed by atoms with E-state index in [-0.39, 0.29) is 17.1 Å². The van der Waals surface area contributed by atoms with Gasteiger partial charge in [-0.3, -0.25) is 4.79 Å². The van der Waals surface area contributed by atoms with Crippen molar-refractivity contribution in [2.45, 2.75) is 6.92 Å². The largest absolute Gasteiger partial charge is 0.507 e. The van der Waals surface area contributed by atoms with Crippen molar-refractivity contribution in [3.63, 3.8) is 0 Å². The zero-order valence-electron chi connectivity index (χ0n) is 12.2. The summed E-state index contributed by atoms with van der Waals surface area (Å²) in [6, 6.07) is 10.9. The van der Waals surface area contributed by atoms with Crippen molar-refractivity contribution in [2.24, 2.45) is 5.10 Å². The van der Waals surface area contributed by atoms with Gasteiger partial charge in [0.15, 0.2) is 0 Å². The number of hydrazone groups is 1. The van der Waals surface area contributed by atoms with Gasteiger partial charge in [-0.1, -0.05) is 12.1 Å². The molecule has 0 spiro atoms. The SMILES string of the molecule is COc1ccc(C(C)=NNC(=O)c2ccccc2O)c(O)c1. The summed E-state index contributed by atoms with van der Waals surface area (Å²) in [5.74, 6) is -0.143. The lowest BCUT2D eigenvalue weighted by Gasteiger charge is -2.07. The summed E-state index contributed by atoms with van der Waals surface area (Å²) < 4.78 is 5.00. The lowest BCUT2D eigenvalue weighted by Crippen LogP contribution is -2.19. The van der Waals surface area contributed by atoms with Crippen molar-refractivity contribution in [1.29, 1.82) is 0 Å². The van der Waals surface area contributed by atoms with E-state index in [1.54, 1.807) is 31.2 Å².